The van der Waals surface area contributed by atoms with E-state index in [1.807, 2.05) is 6.07 Å². The minimum Gasteiger partial charge on any atom is -0.508 e. The first-order valence-corrected chi connectivity index (χ1v) is 8.70. The summed E-state index contributed by atoms with van der Waals surface area (Å²) in [6.45, 7) is 0.348. The second kappa shape index (κ2) is 10.1. The Kier molecular flexibility index (Phi) is 7.55. The van der Waals surface area contributed by atoms with Gasteiger partial charge in [-0.2, -0.15) is 5.26 Å². The van der Waals surface area contributed by atoms with Gasteiger partial charge < -0.3 is 25.2 Å². The number of methoxy groups -OCH3 is 2. The van der Waals surface area contributed by atoms with Gasteiger partial charge in [0, 0.05) is 24.9 Å². The van der Waals surface area contributed by atoms with Crippen LogP contribution in [0.1, 0.15) is 5.56 Å². The number of halogens is 1. The lowest BCUT2D eigenvalue weighted by molar-refractivity contribution is -0.117. The van der Waals surface area contributed by atoms with Crippen molar-refractivity contribution < 1.29 is 19.4 Å². The van der Waals surface area contributed by atoms with Crippen LogP contribution in [-0.2, 0) is 11.2 Å². The van der Waals surface area contributed by atoms with Gasteiger partial charge in [-0.15, -0.1) is 0 Å². The number of nitrogens with zero attached hydrogens (tertiary/aromatic N) is 1. The quantitative estimate of drug-likeness (QED) is 0.463. The lowest BCUT2D eigenvalue weighted by Gasteiger charge is -2.12. The Morgan fingerprint density at radius 2 is 1.89 bits per heavy atom. The molecule has 0 saturated heterocycles. The molecule has 0 saturated carbocycles. The SMILES string of the molecule is COc1cc(N/C=C(/C#N)C(=O)NCCc2ccc(O)cc2)c(OC)cc1Cl. The molecule has 0 radical (unpaired) electrons. The lowest BCUT2D eigenvalue weighted by atomic mass is 10.1. The summed E-state index contributed by atoms with van der Waals surface area (Å²) in [6.07, 6.45) is 1.86. The van der Waals surface area contributed by atoms with Gasteiger partial charge >= 0.3 is 0 Å². The molecule has 0 bridgehead atoms. The van der Waals surface area contributed by atoms with E-state index >= 15 is 0 Å². The van der Waals surface area contributed by atoms with E-state index in [9.17, 15) is 15.2 Å². The van der Waals surface area contributed by atoms with Crippen LogP contribution in [0.5, 0.6) is 17.2 Å². The fourth-order valence-corrected chi connectivity index (χ4v) is 2.58. The summed E-state index contributed by atoms with van der Waals surface area (Å²) in [6, 6.07) is 11.7. The first-order valence-electron chi connectivity index (χ1n) is 8.33. The number of carbonyl (C=O) groups is 1. The summed E-state index contributed by atoms with van der Waals surface area (Å²) in [7, 11) is 2.96. The van der Waals surface area contributed by atoms with Gasteiger partial charge in [0.1, 0.15) is 28.9 Å². The van der Waals surface area contributed by atoms with Gasteiger partial charge in [0.2, 0.25) is 0 Å². The third kappa shape index (κ3) is 5.56. The second-order valence-electron chi connectivity index (χ2n) is 5.67. The average Bonchev–Trinajstić information content (AvgIpc) is 2.70. The maximum atomic E-state index is 12.2. The number of ether oxygens (including phenoxy) is 2. The summed E-state index contributed by atoms with van der Waals surface area (Å²) in [5, 5.41) is 24.5. The number of rotatable bonds is 8. The fourth-order valence-electron chi connectivity index (χ4n) is 2.35. The molecule has 0 aliphatic heterocycles. The van der Waals surface area contributed by atoms with Crippen molar-refractivity contribution in [1.82, 2.24) is 5.32 Å². The van der Waals surface area contributed by atoms with Crippen molar-refractivity contribution in [3.63, 3.8) is 0 Å². The summed E-state index contributed by atoms with van der Waals surface area (Å²) < 4.78 is 10.4. The summed E-state index contributed by atoms with van der Waals surface area (Å²) in [5.74, 6) is 0.541. The predicted octanol–water partition coefficient (Wildman–Crippen LogP) is 3.24. The summed E-state index contributed by atoms with van der Waals surface area (Å²) in [5.41, 5.74) is 1.35. The van der Waals surface area contributed by atoms with Crippen LogP contribution >= 0.6 is 11.6 Å². The average molecular weight is 402 g/mol. The van der Waals surface area contributed by atoms with Crippen molar-refractivity contribution in [3.8, 4) is 23.3 Å². The van der Waals surface area contributed by atoms with Crippen molar-refractivity contribution in [2.45, 2.75) is 6.42 Å². The molecule has 2 aromatic rings. The van der Waals surface area contributed by atoms with Crippen LogP contribution in [0.4, 0.5) is 5.69 Å². The van der Waals surface area contributed by atoms with Gasteiger partial charge in [0.15, 0.2) is 0 Å². The smallest absolute Gasteiger partial charge is 0.263 e. The number of phenolic OH excluding ortho intramolecular Hbond substituents is 1. The van der Waals surface area contributed by atoms with Crippen molar-refractivity contribution in [1.29, 1.82) is 5.26 Å². The summed E-state index contributed by atoms with van der Waals surface area (Å²) >= 11 is 6.06. The molecule has 1 amide bonds. The fraction of sp³-hybridized carbons (Fsp3) is 0.200. The monoisotopic (exact) mass is 401 g/mol. The Hall–Kier alpha value is -3.37. The van der Waals surface area contributed by atoms with E-state index < -0.39 is 5.91 Å². The molecule has 2 rings (SSSR count). The third-order valence-electron chi connectivity index (χ3n) is 3.85. The van der Waals surface area contributed by atoms with E-state index in [1.54, 1.807) is 36.4 Å². The van der Waals surface area contributed by atoms with E-state index in [0.29, 0.717) is 35.2 Å². The molecular weight excluding hydrogens is 382 g/mol. The molecule has 0 aliphatic rings. The number of aromatic hydroxyl groups is 1. The van der Waals surface area contributed by atoms with Crippen LogP contribution in [0.3, 0.4) is 0 Å². The molecule has 0 fully saturated rings. The van der Waals surface area contributed by atoms with E-state index in [-0.39, 0.29) is 11.3 Å². The van der Waals surface area contributed by atoms with Crippen LogP contribution in [0.15, 0.2) is 48.2 Å². The van der Waals surface area contributed by atoms with E-state index in [0.717, 1.165) is 5.56 Å². The Balaban J connectivity index is 2.02. The highest BCUT2D eigenvalue weighted by molar-refractivity contribution is 6.32. The number of carbonyl (C=O) groups excluding carboxylic acids is 1. The van der Waals surface area contributed by atoms with Gasteiger partial charge in [0.05, 0.1) is 24.9 Å². The summed E-state index contributed by atoms with van der Waals surface area (Å²) in [4.78, 5) is 12.2. The normalized spacial score (nSPS) is 10.7. The zero-order chi connectivity index (χ0) is 20.5. The first kappa shape index (κ1) is 20.9. The van der Waals surface area contributed by atoms with Crippen molar-refractivity contribution >= 4 is 23.2 Å². The number of hydrogen-bond acceptors (Lipinski definition) is 6. The van der Waals surface area contributed by atoms with Gasteiger partial charge in [-0.1, -0.05) is 23.7 Å². The zero-order valence-corrected chi connectivity index (χ0v) is 16.2. The molecule has 0 aromatic heterocycles. The lowest BCUT2D eigenvalue weighted by Crippen LogP contribution is -2.27. The molecule has 7 nitrogen and oxygen atoms in total. The van der Waals surface area contributed by atoms with Crippen molar-refractivity contribution in [2.75, 3.05) is 26.1 Å². The molecule has 0 unspecified atom stereocenters. The largest absolute Gasteiger partial charge is 0.508 e. The van der Waals surface area contributed by atoms with Gasteiger partial charge in [-0.05, 0) is 24.1 Å². The Morgan fingerprint density at radius 1 is 1.21 bits per heavy atom. The Morgan fingerprint density at radius 3 is 2.50 bits per heavy atom. The van der Waals surface area contributed by atoms with E-state index in [4.69, 9.17) is 21.1 Å². The van der Waals surface area contributed by atoms with Gasteiger partial charge in [-0.25, -0.2) is 0 Å². The van der Waals surface area contributed by atoms with Crippen LogP contribution in [-0.4, -0.2) is 31.8 Å². The van der Waals surface area contributed by atoms with Gasteiger partial charge in [0.25, 0.3) is 5.91 Å². The number of nitrogens with one attached hydrogen (secondary N) is 2. The number of phenols is 1. The molecular formula is C20H20ClN3O4. The number of hydrogen-bond donors (Lipinski definition) is 3. The minimum absolute atomic E-state index is 0.0957. The number of benzene rings is 2. The van der Waals surface area contributed by atoms with Crippen LogP contribution in [0.25, 0.3) is 0 Å². The maximum Gasteiger partial charge on any atom is 0.263 e. The zero-order valence-electron chi connectivity index (χ0n) is 15.5. The minimum atomic E-state index is -0.506. The molecule has 146 valence electrons. The van der Waals surface area contributed by atoms with Crippen LogP contribution in [0.2, 0.25) is 5.02 Å². The Bertz CT molecular complexity index is 905. The maximum absolute atomic E-state index is 12.2. The number of anilines is 1. The van der Waals surface area contributed by atoms with E-state index in [2.05, 4.69) is 10.6 Å². The molecule has 2 aromatic carbocycles. The Labute approximate surface area is 168 Å². The topological polar surface area (TPSA) is 104 Å². The first-order chi connectivity index (χ1) is 13.5. The second-order valence-corrected chi connectivity index (χ2v) is 6.08. The molecule has 3 N–H and O–H groups in total. The molecule has 0 heterocycles. The molecule has 8 heteroatoms. The van der Waals surface area contributed by atoms with Crippen LogP contribution < -0.4 is 20.1 Å². The highest BCUT2D eigenvalue weighted by atomic mass is 35.5. The standard InChI is InChI=1S/C20H20ClN3O4/c1-27-18-10-17(19(28-2)9-16(18)21)24-12-14(11-22)20(26)23-8-7-13-3-5-15(25)6-4-13/h3-6,9-10,12,24-25H,7-8H2,1-2H3,(H,23,26)/b14-12-. The highest BCUT2D eigenvalue weighted by Crippen LogP contribution is 2.35. The number of amides is 1. The highest BCUT2D eigenvalue weighted by Gasteiger charge is 2.12. The third-order valence-corrected chi connectivity index (χ3v) is 4.14. The molecule has 28 heavy (non-hydrogen) atoms. The molecule has 0 spiro atoms. The predicted molar refractivity (Wildman–Crippen MR) is 107 cm³/mol. The number of nitriles is 1. The van der Waals surface area contributed by atoms with Crippen molar-refractivity contribution in [2.24, 2.45) is 0 Å². The van der Waals surface area contributed by atoms with Crippen molar-refractivity contribution in [3.05, 3.63) is 58.8 Å². The van der Waals surface area contributed by atoms with Gasteiger partial charge in [-0.3, -0.25) is 4.79 Å². The van der Waals surface area contributed by atoms with E-state index in [1.165, 1.54) is 20.4 Å². The molecule has 0 atom stereocenters. The molecule has 0 aliphatic carbocycles. The van der Waals surface area contributed by atoms with Crippen LogP contribution in [0, 0.1) is 11.3 Å².